The Balaban J connectivity index is 1.98. The Labute approximate surface area is 163 Å². The third-order valence-electron chi connectivity index (χ3n) is 3.78. The second-order valence-electron chi connectivity index (χ2n) is 6.17. The van der Waals surface area contributed by atoms with Gasteiger partial charge in [0.15, 0.2) is 0 Å². The molecule has 0 saturated carbocycles. The van der Waals surface area contributed by atoms with E-state index in [0.717, 1.165) is 11.1 Å². The van der Waals surface area contributed by atoms with Gasteiger partial charge in [-0.05, 0) is 35.4 Å². The van der Waals surface area contributed by atoms with Gasteiger partial charge in [-0.25, -0.2) is 0 Å². The Kier molecular flexibility index (Phi) is 7.37. The van der Waals surface area contributed by atoms with E-state index in [9.17, 15) is 14.4 Å². The van der Waals surface area contributed by atoms with E-state index in [4.69, 9.17) is 11.6 Å². The molecule has 1 atom stereocenters. The van der Waals surface area contributed by atoms with Gasteiger partial charge in [-0.15, -0.1) is 0 Å². The van der Waals surface area contributed by atoms with E-state index in [1.165, 1.54) is 13.8 Å². The molecule has 0 aliphatic rings. The molecule has 3 amide bonds. The SMILES string of the molecule is CC(=O)Nc1cccc(CNC(=O)CC(NC(C)=O)c2ccc(Cl)cc2)c1. The number of nitrogens with one attached hydrogen (secondary N) is 3. The number of benzene rings is 2. The van der Waals surface area contributed by atoms with Crippen molar-refractivity contribution in [3.05, 3.63) is 64.7 Å². The fraction of sp³-hybridized carbons (Fsp3) is 0.250. The van der Waals surface area contributed by atoms with Gasteiger partial charge in [-0.2, -0.15) is 0 Å². The molecule has 2 rings (SSSR count). The molecule has 0 saturated heterocycles. The van der Waals surface area contributed by atoms with Crippen molar-refractivity contribution in [2.75, 3.05) is 5.32 Å². The molecular formula is C20H22ClN3O3. The number of anilines is 1. The number of carbonyl (C=O) groups is 3. The molecular weight excluding hydrogens is 366 g/mol. The molecule has 0 bridgehead atoms. The first kappa shape index (κ1) is 20.5. The van der Waals surface area contributed by atoms with E-state index in [0.29, 0.717) is 17.3 Å². The largest absolute Gasteiger partial charge is 0.352 e. The summed E-state index contributed by atoms with van der Waals surface area (Å²) in [5.74, 6) is -0.573. The lowest BCUT2D eigenvalue weighted by molar-refractivity contribution is -0.123. The standard InChI is InChI=1S/C20H22ClN3O3/c1-13(25)23-18-5-3-4-15(10-18)12-22-20(27)11-19(24-14(2)26)16-6-8-17(21)9-7-16/h3-10,19H,11-12H2,1-2H3,(H,22,27)(H,23,25)(H,24,26). The quantitative estimate of drug-likeness (QED) is 0.681. The molecule has 0 aliphatic carbocycles. The zero-order valence-corrected chi connectivity index (χ0v) is 16.0. The van der Waals surface area contributed by atoms with Crippen molar-refractivity contribution in [1.29, 1.82) is 0 Å². The van der Waals surface area contributed by atoms with E-state index in [2.05, 4.69) is 16.0 Å². The molecule has 0 fully saturated rings. The topological polar surface area (TPSA) is 87.3 Å². The van der Waals surface area contributed by atoms with Crippen LogP contribution in [0.2, 0.25) is 5.02 Å². The molecule has 0 radical (unpaired) electrons. The number of rotatable bonds is 7. The minimum atomic E-state index is -0.439. The van der Waals surface area contributed by atoms with Crippen molar-refractivity contribution in [1.82, 2.24) is 10.6 Å². The molecule has 0 spiro atoms. The summed E-state index contributed by atoms with van der Waals surface area (Å²) in [5.41, 5.74) is 2.33. The van der Waals surface area contributed by atoms with Crippen molar-refractivity contribution in [3.63, 3.8) is 0 Å². The van der Waals surface area contributed by atoms with E-state index in [1.807, 2.05) is 6.07 Å². The Morgan fingerprint density at radius 3 is 2.33 bits per heavy atom. The summed E-state index contributed by atoms with van der Waals surface area (Å²) in [6, 6.07) is 13.8. The number of hydrogen-bond acceptors (Lipinski definition) is 3. The molecule has 0 heterocycles. The molecule has 2 aromatic rings. The third kappa shape index (κ3) is 7.11. The van der Waals surface area contributed by atoms with Crippen LogP contribution in [0.5, 0.6) is 0 Å². The fourth-order valence-electron chi connectivity index (χ4n) is 2.61. The highest BCUT2D eigenvalue weighted by Gasteiger charge is 2.17. The van der Waals surface area contributed by atoms with Crippen LogP contribution >= 0.6 is 11.6 Å². The maximum Gasteiger partial charge on any atom is 0.222 e. The molecule has 6 nitrogen and oxygen atoms in total. The number of hydrogen-bond donors (Lipinski definition) is 3. The van der Waals surface area contributed by atoms with Gasteiger partial charge in [-0.1, -0.05) is 35.9 Å². The second-order valence-corrected chi connectivity index (χ2v) is 6.60. The van der Waals surface area contributed by atoms with Crippen LogP contribution in [0.4, 0.5) is 5.69 Å². The average molecular weight is 388 g/mol. The van der Waals surface area contributed by atoms with Gasteiger partial charge in [0.25, 0.3) is 0 Å². The Morgan fingerprint density at radius 2 is 1.70 bits per heavy atom. The minimum Gasteiger partial charge on any atom is -0.352 e. The Bertz CT molecular complexity index is 821. The van der Waals surface area contributed by atoms with Gasteiger partial charge in [0.05, 0.1) is 12.5 Å². The smallest absolute Gasteiger partial charge is 0.222 e. The Morgan fingerprint density at radius 1 is 1.00 bits per heavy atom. The summed E-state index contributed by atoms with van der Waals surface area (Å²) in [6.07, 6.45) is 0.104. The van der Waals surface area contributed by atoms with E-state index in [-0.39, 0.29) is 24.1 Å². The van der Waals surface area contributed by atoms with Crippen LogP contribution in [0.25, 0.3) is 0 Å². The van der Waals surface area contributed by atoms with Crippen LogP contribution in [-0.4, -0.2) is 17.7 Å². The van der Waals surface area contributed by atoms with Crippen LogP contribution in [0.1, 0.15) is 37.4 Å². The van der Waals surface area contributed by atoms with Crippen LogP contribution in [0.3, 0.4) is 0 Å². The molecule has 0 aliphatic heterocycles. The van der Waals surface area contributed by atoms with Gasteiger partial charge >= 0.3 is 0 Å². The van der Waals surface area contributed by atoms with Crippen molar-refractivity contribution in [3.8, 4) is 0 Å². The van der Waals surface area contributed by atoms with Crippen molar-refractivity contribution >= 4 is 35.0 Å². The zero-order chi connectivity index (χ0) is 19.8. The Hall–Kier alpha value is -2.86. The maximum absolute atomic E-state index is 12.4. The van der Waals surface area contributed by atoms with Crippen molar-refractivity contribution in [2.24, 2.45) is 0 Å². The molecule has 2 aromatic carbocycles. The second kappa shape index (κ2) is 9.73. The molecule has 3 N–H and O–H groups in total. The minimum absolute atomic E-state index is 0.104. The molecule has 142 valence electrons. The first-order valence-electron chi connectivity index (χ1n) is 8.49. The predicted molar refractivity (Wildman–Crippen MR) is 105 cm³/mol. The summed E-state index contributed by atoms with van der Waals surface area (Å²) >= 11 is 5.90. The highest BCUT2D eigenvalue weighted by molar-refractivity contribution is 6.30. The summed E-state index contributed by atoms with van der Waals surface area (Å²) in [7, 11) is 0. The van der Waals surface area contributed by atoms with Crippen LogP contribution in [-0.2, 0) is 20.9 Å². The maximum atomic E-state index is 12.4. The summed E-state index contributed by atoms with van der Waals surface area (Å²) < 4.78 is 0. The van der Waals surface area contributed by atoms with Crippen LogP contribution in [0.15, 0.2) is 48.5 Å². The van der Waals surface area contributed by atoms with Gasteiger partial charge in [0, 0.05) is 31.1 Å². The van der Waals surface area contributed by atoms with Crippen LogP contribution in [0, 0.1) is 0 Å². The van der Waals surface area contributed by atoms with Gasteiger partial charge in [-0.3, -0.25) is 14.4 Å². The normalized spacial score (nSPS) is 11.4. The first-order chi connectivity index (χ1) is 12.8. The highest BCUT2D eigenvalue weighted by atomic mass is 35.5. The fourth-order valence-corrected chi connectivity index (χ4v) is 2.74. The van der Waals surface area contributed by atoms with E-state index < -0.39 is 6.04 Å². The predicted octanol–water partition coefficient (Wildman–Crippen LogP) is 3.18. The average Bonchev–Trinajstić information content (AvgIpc) is 2.59. The van der Waals surface area contributed by atoms with Gasteiger partial charge in [0.1, 0.15) is 0 Å². The molecule has 0 aromatic heterocycles. The lowest BCUT2D eigenvalue weighted by Crippen LogP contribution is -2.32. The summed E-state index contributed by atoms with van der Waals surface area (Å²) in [4.78, 5) is 35.0. The summed E-state index contributed by atoms with van der Waals surface area (Å²) in [5, 5.41) is 8.91. The molecule has 7 heteroatoms. The van der Waals surface area contributed by atoms with E-state index in [1.54, 1.807) is 42.5 Å². The lowest BCUT2D eigenvalue weighted by Gasteiger charge is -2.18. The van der Waals surface area contributed by atoms with Crippen molar-refractivity contribution in [2.45, 2.75) is 32.9 Å². The van der Waals surface area contributed by atoms with Crippen LogP contribution < -0.4 is 16.0 Å². The highest BCUT2D eigenvalue weighted by Crippen LogP contribution is 2.19. The third-order valence-corrected chi connectivity index (χ3v) is 4.03. The summed E-state index contributed by atoms with van der Waals surface area (Å²) in [6.45, 7) is 3.17. The lowest BCUT2D eigenvalue weighted by atomic mass is 10.0. The first-order valence-corrected chi connectivity index (χ1v) is 8.87. The van der Waals surface area contributed by atoms with E-state index >= 15 is 0 Å². The number of amides is 3. The van der Waals surface area contributed by atoms with Gasteiger partial charge in [0.2, 0.25) is 17.7 Å². The number of halogens is 1. The number of carbonyl (C=O) groups excluding carboxylic acids is 3. The molecule has 1 unspecified atom stereocenters. The van der Waals surface area contributed by atoms with Gasteiger partial charge < -0.3 is 16.0 Å². The monoisotopic (exact) mass is 387 g/mol. The van der Waals surface area contributed by atoms with Crippen molar-refractivity contribution < 1.29 is 14.4 Å². The molecule has 27 heavy (non-hydrogen) atoms. The zero-order valence-electron chi connectivity index (χ0n) is 15.2.